The van der Waals surface area contributed by atoms with Crippen molar-refractivity contribution in [3.8, 4) is 6.07 Å². The summed E-state index contributed by atoms with van der Waals surface area (Å²) in [6.07, 6.45) is 4.50. The maximum atomic E-state index is 13.7. The third-order valence-electron chi connectivity index (χ3n) is 8.21. The van der Waals surface area contributed by atoms with Crippen LogP contribution in [0.15, 0.2) is 0 Å². The number of amides is 1. The summed E-state index contributed by atoms with van der Waals surface area (Å²) in [5, 5.41) is 12.9. The van der Waals surface area contributed by atoms with Crippen LogP contribution in [0.4, 0.5) is 4.39 Å². The highest BCUT2D eigenvalue weighted by Crippen LogP contribution is 2.51. The lowest BCUT2D eigenvalue weighted by atomic mass is 9.70. The molecule has 7 heteroatoms. The van der Waals surface area contributed by atoms with Crippen LogP contribution in [0.5, 0.6) is 0 Å². The molecule has 3 aliphatic heterocycles. The smallest absolute Gasteiger partial charge is 0.226 e. The zero-order valence-electron chi connectivity index (χ0n) is 18.0. The number of likely N-dealkylation sites (tertiary alicyclic amines) is 2. The second-order valence-electron chi connectivity index (χ2n) is 10.2. The Balaban J connectivity index is 1.33. The Bertz CT molecular complexity index is 674. The molecule has 0 aromatic rings. The standard InChI is InChI=1S/C22H35FN4O2/c1-21(2)17(19(28)26-9-5-4-6-10-26)7-8-22(21,3)25-13-18-20(29-18)27-14-15(23)11-16(27)12-24/h15-18,20,25H,4-11,13-14H2,1-3H3. The molecule has 0 radical (unpaired) electrons. The number of halogens is 1. The minimum absolute atomic E-state index is 0.0133. The van der Waals surface area contributed by atoms with Crippen molar-refractivity contribution >= 4 is 5.91 Å². The van der Waals surface area contributed by atoms with Crippen LogP contribution in [0.2, 0.25) is 0 Å². The van der Waals surface area contributed by atoms with E-state index in [0.717, 1.165) is 38.8 Å². The van der Waals surface area contributed by atoms with E-state index in [-0.39, 0.29) is 48.2 Å². The van der Waals surface area contributed by atoms with E-state index in [4.69, 9.17) is 4.74 Å². The van der Waals surface area contributed by atoms with Crippen LogP contribution in [0.1, 0.15) is 59.3 Å². The normalized spacial score (nSPS) is 42.0. The minimum Gasteiger partial charge on any atom is -0.352 e. The summed E-state index contributed by atoms with van der Waals surface area (Å²) in [5.74, 6) is 0.367. The summed E-state index contributed by atoms with van der Waals surface area (Å²) >= 11 is 0. The highest BCUT2D eigenvalue weighted by Gasteiger charge is 2.56. The van der Waals surface area contributed by atoms with Gasteiger partial charge in [-0.25, -0.2) is 4.39 Å². The number of hydrogen-bond acceptors (Lipinski definition) is 5. The maximum absolute atomic E-state index is 13.7. The van der Waals surface area contributed by atoms with Crippen molar-refractivity contribution < 1.29 is 13.9 Å². The predicted octanol–water partition coefficient (Wildman–Crippen LogP) is 2.44. The molecule has 1 aliphatic carbocycles. The maximum Gasteiger partial charge on any atom is 0.226 e. The van der Waals surface area contributed by atoms with Gasteiger partial charge >= 0.3 is 0 Å². The number of epoxide rings is 1. The molecule has 4 fully saturated rings. The second kappa shape index (κ2) is 7.79. The van der Waals surface area contributed by atoms with Gasteiger partial charge in [-0.05, 0) is 44.4 Å². The van der Waals surface area contributed by atoms with Crippen molar-refractivity contribution in [1.82, 2.24) is 15.1 Å². The Labute approximate surface area is 173 Å². The van der Waals surface area contributed by atoms with Gasteiger partial charge in [-0.2, -0.15) is 5.26 Å². The van der Waals surface area contributed by atoms with Crippen molar-refractivity contribution in [2.45, 2.75) is 89.4 Å². The Morgan fingerprint density at radius 3 is 2.69 bits per heavy atom. The summed E-state index contributed by atoms with van der Waals surface area (Å²) < 4.78 is 19.5. The molecule has 162 valence electrons. The van der Waals surface area contributed by atoms with Gasteiger partial charge in [0.1, 0.15) is 24.5 Å². The number of alkyl halides is 1. The van der Waals surface area contributed by atoms with E-state index in [9.17, 15) is 14.4 Å². The van der Waals surface area contributed by atoms with Crippen molar-refractivity contribution in [1.29, 1.82) is 5.26 Å². The van der Waals surface area contributed by atoms with Crippen molar-refractivity contribution in [3.05, 3.63) is 0 Å². The summed E-state index contributed by atoms with van der Waals surface area (Å²) in [6.45, 7) is 9.40. The SMILES string of the molecule is CC1(NCC2OC2N2CC(F)CC2C#N)CCC(C(=O)N2CCCCC2)C1(C)C. The number of carbonyl (C=O) groups is 1. The van der Waals surface area contributed by atoms with Gasteiger partial charge in [0.05, 0.1) is 6.07 Å². The fourth-order valence-corrected chi connectivity index (χ4v) is 5.70. The van der Waals surface area contributed by atoms with Crippen LogP contribution in [0.25, 0.3) is 0 Å². The van der Waals surface area contributed by atoms with E-state index in [1.165, 1.54) is 6.42 Å². The van der Waals surface area contributed by atoms with Crippen LogP contribution in [0, 0.1) is 22.7 Å². The predicted molar refractivity (Wildman–Crippen MR) is 108 cm³/mol. The van der Waals surface area contributed by atoms with Gasteiger partial charge in [-0.15, -0.1) is 0 Å². The lowest BCUT2D eigenvalue weighted by Crippen LogP contribution is -2.55. The number of ether oxygens (including phenoxy) is 1. The highest BCUT2D eigenvalue weighted by atomic mass is 19.1. The lowest BCUT2D eigenvalue weighted by molar-refractivity contribution is -0.140. The summed E-state index contributed by atoms with van der Waals surface area (Å²) in [5.41, 5.74) is -0.305. The number of nitriles is 1. The Morgan fingerprint density at radius 1 is 1.28 bits per heavy atom. The molecule has 29 heavy (non-hydrogen) atoms. The van der Waals surface area contributed by atoms with E-state index in [1.54, 1.807) is 0 Å². The van der Waals surface area contributed by atoms with Crippen LogP contribution >= 0.6 is 0 Å². The quantitative estimate of drug-likeness (QED) is 0.710. The van der Waals surface area contributed by atoms with Gasteiger partial charge in [-0.3, -0.25) is 9.69 Å². The Hall–Kier alpha value is -1.23. The van der Waals surface area contributed by atoms with Gasteiger partial charge < -0.3 is 15.0 Å². The molecule has 0 spiro atoms. The fraction of sp³-hybridized carbons (Fsp3) is 0.909. The third kappa shape index (κ3) is 3.80. The second-order valence-corrected chi connectivity index (χ2v) is 10.2. The third-order valence-corrected chi connectivity index (χ3v) is 8.21. The summed E-state index contributed by atoms with van der Waals surface area (Å²) in [6, 6.07) is 1.81. The van der Waals surface area contributed by atoms with Crippen LogP contribution in [0.3, 0.4) is 0 Å². The molecule has 3 heterocycles. The molecule has 1 amide bonds. The molecule has 4 rings (SSSR count). The monoisotopic (exact) mass is 406 g/mol. The fourth-order valence-electron chi connectivity index (χ4n) is 5.70. The van der Waals surface area contributed by atoms with E-state index < -0.39 is 6.17 Å². The largest absolute Gasteiger partial charge is 0.352 e. The van der Waals surface area contributed by atoms with Crippen LogP contribution in [-0.4, -0.2) is 72.0 Å². The molecule has 1 N–H and O–H groups in total. The highest BCUT2D eigenvalue weighted by molar-refractivity contribution is 5.80. The summed E-state index contributed by atoms with van der Waals surface area (Å²) in [4.78, 5) is 17.1. The Kier molecular flexibility index (Phi) is 5.65. The zero-order chi connectivity index (χ0) is 20.8. The lowest BCUT2D eigenvalue weighted by Gasteiger charge is -2.43. The molecule has 6 nitrogen and oxygen atoms in total. The van der Waals surface area contributed by atoms with E-state index >= 15 is 0 Å². The minimum atomic E-state index is -0.940. The van der Waals surface area contributed by atoms with E-state index in [0.29, 0.717) is 12.5 Å². The molecule has 1 saturated carbocycles. The van der Waals surface area contributed by atoms with Crippen molar-refractivity contribution in [3.63, 3.8) is 0 Å². The van der Waals surface area contributed by atoms with Gasteiger partial charge in [-0.1, -0.05) is 13.8 Å². The van der Waals surface area contributed by atoms with E-state index in [1.807, 2.05) is 4.90 Å². The molecule has 0 aromatic carbocycles. The van der Waals surface area contributed by atoms with Gasteiger partial charge in [0, 0.05) is 44.1 Å². The molecule has 0 aromatic heterocycles. The number of piperidine rings is 1. The first-order valence-corrected chi connectivity index (χ1v) is 11.3. The first-order chi connectivity index (χ1) is 13.8. The van der Waals surface area contributed by atoms with E-state index in [2.05, 4.69) is 37.1 Å². The van der Waals surface area contributed by atoms with Gasteiger partial charge in [0.2, 0.25) is 5.91 Å². The molecular formula is C22H35FN4O2. The summed E-state index contributed by atoms with van der Waals surface area (Å²) in [7, 11) is 0. The number of nitrogens with one attached hydrogen (secondary N) is 1. The first-order valence-electron chi connectivity index (χ1n) is 11.3. The average Bonchev–Trinajstić information content (AvgIpc) is 3.32. The van der Waals surface area contributed by atoms with Crippen LogP contribution < -0.4 is 5.32 Å². The molecule has 0 bridgehead atoms. The average molecular weight is 407 g/mol. The number of carbonyl (C=O) groups excluding carboxylic acids is 1. The van der Waals surface area contributed by atoms with Gasteiger partial charge in [0.15, 0.2) is 0 Å². The number of rotatable bonds is 5. The molecule has 4 aliphatic rings. The van der Waals surface area contributed by atoms with Gasteiger partial charge in [0.25, 0.3) is 0 Å². The van der Waals surface area contributed by atoms with Crippen molar-refractivity contribution in [2.75, 3.05) is 26.2 Å². The number of hydrogen-bond donors (Lipinski definition) is 1. The molecular weight excluding hydrogens is 371 g/mol. The molecule has 6 atom stereocenters. The van der Waals surface area contributed by atoms with Crippen LogP contribution in [-0.2, 0) is 9.53 Å². The first kappa shape index (κ1) is 21.0. The molecule has 6 unspecified atom stereocenters. The zero-order valence-corrected chi connectivity index (χ0v) is 18.0. The number of nitrogens with zero attached hydrogens (tertiary/aromatic N) is 3. The van der Waals surface area contributed by atoms with Crippen molar-refractivity contribution in [2.24, 2.45) is 11.3 Å². The molecule has 3 saturated heterocycles. The Morgan fingerprint density at radius 2 is 2.00 bits per heavy atom. The topological polar surface area (TPSA) is 71.9 Å².